The van der Waals surface area contributed by atoms with E-state index in [2.05, 4.69) is 15.5 Å². The molecule has 0 spiro atoms. The van der Waals surface area contributed by atoms with Gasteiger partial charge in [0.25, 0.3) is 5.91 Å². The van der Waals surface area contributed by atoms with Crippen LogP contribution in [0, 0.1) is 6.92 Å². The Morgan fingerprint density at radius 2 is 2.47 bits per heavy atom. The highest BCUT2D eigenvalue weighted by atomic mass is 32.2. The molecule has 1 fully saturated rings. The van der Waals surface area contributed by atoms with E-state index in [1.807, 2.05) is 23.5 Å². The molecule has 0 bridgehead atoms. The van der Waals surface area contributed by atoms with Crippen molar-refractivity contribution in [3.63, 3.8) is 0 Å². The second-order valence-electron chi connectivity index (χ2n) is 3.89. The van der Waals surface area contributed by atoms with Crippen LogP contribution in [0.5, 0.6) is 0 Å². The van der Waals surface area contributed by atoms with Crippen LogP contribution in [-0.4, -0.2) is 45.2 Å². The van der Waals surface area contributed by atoms with Crippen LogP contribution < -0.4 is 11.1 Å². The van der Waals surface area contributed by atoms with Gasteiger partial charge in [0.1, 0.15) is 0 Å². The lowest BCUT2D eigenvalue weighted by molar-refractivity contribution is 0.0950. The van der Waals surface area contributed by atoms with Crippen LogP contribution in [0.2, 0.25) is 0 Å². The zero-order chi connectivity index (χ0) is 12.3. The minimum Gasteiger partial charge on any atom is -0.395 e. The number of hydrogen-bond acceptors (Lipinski definition) is 5. The maximum atomic E-state index is 11.8. The number of carbonyl (C=O) groups is 1. The number of nitrogens with zero attached hydrogens (tertiary/aromatic N) is 1. The summed E-state index contributed by atoms with van der Waals surface area (Å²) in [7, 11) is 0. The number of H-pyrrole nitrogens is 1. The van der Waals surface area contributed by atoms with Crippen molar-refractivity contribution in [2.24, 2.45) is 0 Å². The number of rotatable bonds is 3. The number of aromatic nitrogens is 2. The summed E-state index contributed by atoms with van der Waals surface area (Å²) in [6, 6.07) is 0. The molecule has 1 atom stereocenters. The molecule has 2 rings (SSSR count). The molecule has 0 radical (unpaired) electrons. The van der Waals surface area contributed by atoms with E-state index in [1.54, 1.807) is 6.92 Å². The molecule has 1 aromatic heterocycles. The third-order valence-corrected chi connectivity index (χ3v) is 5.43. The first kappa shape index (κ1) is 12.6. The van der Waals surface area contributed by atoms with Crippen molar-refractivity contribution < 1.29 is 4.79 Å². The highest BCUT2D eigenvalue weighted by Gasteiger charge is 2.18. The van der Waals surface area contributed by atoms with E-state index in [0.29, 0.717) is 23.2 Å². The number of nitrogen functional groups attached to an aromatic ring is 1. The minimum atomic E-state index is -0.192. The average molecular weight is 272 g/mol. The van der Waals surface area contributed by atoms with Crippen molar-refractivity contribution in [3.05, 3.63) is 11.4 Å². The molecule has 94 valence electrons. The van der Waals surface area contributed by atoms with E-state index < -0.39 is 0 Å². The molecule has 0 saturated carbocycles. The van der Waals surface area contributed by atoms with E-state index in [4.69, 9.17) is 5.73 Å². The number of carbonyl (C=O) groups excluding carboxylic acids is 1. The van der Waals surface area contributed by atoms with Crippen molar-refractivity contribution in [1.29, 1.82) is 0 Å². The van der Waals surface area contributed by atoms with Gasteiger partial charge in [0, 0.05) is 29.1 Å². The number of nitrogens with one attached hydrogen (secondary N) is 2. The molecular formula is C10H16N4OS2. The van der Waals surface area contributed by atoms with Crippen molar-refractivity contribution in [1.82, 2.24) is 15.5 Å². The molecule has 17 heavy (non-hydrogen) atoms. The van der Waals surface area contributed by atoms with Crippen LogP contribution in [-0.2, 0) is 0 Å². The Morgan fingerprint density at radius 3 is 3.06 bits per heavy atom. The first-order valence-corrected chi connectivity index (χ1v) is 7.67. The standard InChI is InChI=1S/C10H16N4OS2/c1-6-8(11)9(14-13-6)10(15)12-4-7-5-16-2-3-17-7/h7H,2-5,11H2,1H3,(H,12,15)(H,13,14). The molecule has 1 amide bonds. The van der Waals surface area contributed by atoms with Crippen LogP contribution in [0.4, 0.5) is 5.69 Å². The van der Waals surface area contributed by atoms with Gasteiger partial charge in [-0.3, -0.25) is 9.89 Å². The van der Waals surface area contributed by atoms with Crippen LogP contribution >= 0.6 is 23.5 Å². The number of hydrogen-bond donors (Lipinski definition) is 3. The Labute approximate surface area is 109 Å². The van der Waals surface area contributed by atoms with Crippen LogP contribution in [0.1, 0.15) is 16.2 Å². The van der Waals surface area contributed by atoms with Gasteiger partial charge in [0.05, 0.1) is 11.4 Å². The fraction of sp³-hybridized carbons (Fsp3) is 0.600. The molecule has 1 saturated heterocycles. The summed E-state index contributed by atoms with van der Waals surface area (Å²) in [6.07, 6.45) is 0. The molecule has 1 aliphatic rings. The quantitative estimate of drug-likeness (QED) is 0.760. The summed E-state index contributed by atoms with van der Waals surface area (Å²) >= 11 is 3.85. The summed E-state index contributed by atoms with van der Waals surface area (Å²) < 4.78 is 0. The maximum absolute atomic E-state index is 11.8. The number of thioether (sulfide) groups is 2. The predicted octanol–water partition coefficient (Wildman–Crippen LogP) is 0.879. The summed E-state index contributed by atoms with van der Waals surface area (Å²) in [5.74, 6) is 3.28. The number of amides is 1. The highest BCUT2D eigenvalue weighted by molar-refractivity contribution is 8.06. The van der Waals surface area contributed by atoms with Gasteiger partial charge in [-0.1, -0.05) is 0 Å². The second kappa shape index (κ2) is 5.68. The smallest absolute Gasteiger partial charge is 0.273 e. The van der Waals surface area contributed by atoms with Gasteiger partial charge in [0.15, 0.2) is 5.69 Å². The first-order chi connectivity index (χ1) is 8.18. The fourth-order valence-corrected chi connectivity index (χ4v) is 4.17. The lowest BCUT2D eigenvalue weighted by Crippen LogP contribution is -2.33. The zero-order valence-corrected chi connectivity index (χ0v) is 11.3. The number of anilines is 1. The number of nitrogens with two attached hydrogens (primary N) is 1. The molecule has 2 heterocycles. The molecule has 1 aliphatic heterocycles. The molecule has 0 aromatic carbocycles. The van der Waals surface area contributed by atoms with Crippen LogP contribution in [0.3, 0.4) is 0 Å². The van der Waals surface area contributed by atoms with Crippen molar-refractivity contribution in [2.45, 2.75) is 12.2 Å². The Morgan fingerprint density at radius 1 is 1.65 bits per heavy atom. The van der Waals surface area contributed by atoms with Gasteiger partial charge in [0.2, 0.25) is 0 Å². The molecule has 7 heteroatoms. The lowest BCUT2D eigenvalue weighted by Gasteiger charge is -2.20. The molecule has 1 aromatic rings. The lowest BCUT2D eigenvalue weighted by atomic mass is 10.3. The highest BCUT2D eigenvalue weighted by Crippen LogP contribution is 2.23. The van der Waals surface area contributed by atoms with Gasteiger partial charge in [-0.25, -0.2) is 0 Å². The normalized spacial score (nSPS) is 20.2. The Kier molecular flexibility index (Phi) is 4.22. The van der Waals surface area contributed by atoms with Gasteiger partial charge in [-0.05, 0) is 6.92 Å². The van der Waals surface area contributed by atoms with Crippen molar-refractivity contribution in [2.75, 3.05) is 29.5 Å². The first-order valence-electron chi connectivity index (χ1n) is 5.46. The largest absolute Gasteiger partial charge is 0.395 e. The Hall–Kier alpha value is -0.820. The molecule has 0 aliphatic carbocycles. The summed E-state index contributed by atoms with van der Waals surface area (Å²) in [4.78, 5) is 11.8. The van der Waals surface area contributed by atoms with Crippen LogP contribution in [0.15, 0.2) is 0 Å². The van der Waals surface area contributed by atoms with E-state index in [-0.39, 0.29) is 5.91 Å². The monoisotopic (exact) mass is 272 g/mol. The Balaban J connectivity index is 1.86. The topological polar surface area (TPSA) is 83.8 Å². The third kappa shape index (κ3) is 3.10. The maximum Gasteiger partial charge on any atom is 0.273 e. The van der Waals surface area contributed by atoms with E-state index >= 15 is 0 Å². The molecule has 4 N–H and O–H groups in total. The van der Waals surface area contributed by atoms with Gasteiger partial charge >= 0.3 is 0 Å². The summed E-state index contributed by atoms with van der Waals surface area (Å²) in [5, 5.41) is 10.0. The second-order valence-corrected chi connectivity index (χ2v) is 6.45. The average Bonchev–Trinajstić information content (AvgIpc) is 2.69. The van der Waals surface area contributed by atoms with Crippen LogP contribution in [0.25, 0.3) is 0 Å². The molecule has 5 nitrogen and oxygen atoms in total. The number of aryl methyl sites for hydroxylation is 1. The minimum absolute atomic E-state index is 0.192. The van der Waals surface area contributed by atoms with Crippen molar-refractivity contribution >= 4 is 35.1 Å². The van der Waals surface area contributed by atoms with Crippen molar-refractivity contribution in [3.8, 4) is 0 Å². The SMILES string of the molecule is Cc1[nH]nc(C(=O)NCC2CSCCS2)c1N. The summed E-state index contributed by atoms with van der Waals surface area (Å²) in [6.45, 7) is 2.48. The fourth-order valence-electron chi connectivity index (χ4n) is 1.56. The van der Waals surface area contributed by atoms with E-state index in [0.717, 1.165) is 17.2 Å². The zero-order valence-electron chi connectivity index (χ0n) is 9.66. The third-order valence-electron chi connectivity index (χ3n) is 2.58. The van der Waals surface area contributed by atoms with Gasteiger partial charge in [-0.2, -0.15) is 28.6 Å². The van der Waals surface area contributed by atoms with E-state index in [9.17, 15) is 4.79 Å². The van der Waals surface area contributed by atoms with E-state index in [1.165, 1.54) is 5.75 Å². The summed E-state index contributed by atoms with van der Waals surface area (Å²) in [5.41, 5.74) is 7.22. The molecular weight excluding hydrogens is 256 g/mol. The number of aromatic amines is 1. The predicted molar refractivity (Wildman–Crippen MR) is 73.6 cm³/mol. The molecule has 1 unspecified atom stereocenters. The Bertz CT molecular complexity index is 401. The van der Waals surface area contributed by atoms with Gasteiger partial charge < -0.3 is 11.1 Å². The van der Waals surface area contributed by atoms with Gasteiger partial charge in [-0.15, -0.1) is 0 Å².